The number of benzene rings is 2. The van der Waals surface area contributed by atoms with E-state index in [1.54, 1.807) is 13.2 Å². The number of carbonyl (C=O) groups is 1. The number of ether oxygens (including phenoxy) is 3. The van der Waals surface area contributed by atoms with E-state index in [9.17, 15) is 5.11 Å². The smallest absolute Gasteiger partial charge is 0.243 e. The Hall–Kier alpha value is -3.62. The van der Waals surface area contributed by atoms with Crippen molar-refractivity contribution in [2.24, 2.45) is 0 Å². The molecule has 1 heterocycles. The maximum Gasteiger partial charge on any atom is 0.243 e. The van der Waals surface area contributed by atoms with Gasteiger partial charge in [-0.2, -0.15) is 0 Å². The minimum absolute atomic E-state index is 0.187. The molecule has 0 aliphatic carbocycles. The largest absolute Gasteiger partial charge is 0.550 e. The number of hydrogen-bond donors (Lipinski definition) is 1. The second-order valence-electron chi connectivity index (χ2n) is 7.67. The third kappa shape index (κ3) is 9.27. The minimum atomic E-state index is -1.08. The van der Waals surface area contributed by atoms with Crippen molar-refractivity contribution in [3.8, 4) is 11.5 Å². The number of para-hydroxylation sites is 1. The molecule has 0 aliphatic heterocycles. The molecular weight excluding hydrogens is 448 g/mol. The van der Waals surface area contributed by atoms with Crippen LogP contribution in [0.3, 0.4) is 0 Å². The summed E-state index contributed by atoms with van der Waals surface area (Å²) in [6, 6.07) is 15.4. The Morgan fingerprint density at radius 2 is 1.91 bits per heavy atom. The summed E-state index contributed by atoms with van der Waals surface area (Å²) < 4.78 is 21.1. The zero-order chi connectivity index (χ0) is 25.6. The highest BCUT2D eigenvalue weighted by atomic mass is 16.5. The Morgan fingerprint density at radius 1 is 1.23 bits per heavy atom. The number of methoxy groups -OCH3 is 1. The van der Waals surface area contributed by atoms with Crippen molar-refractivity contribution in [2.45, 2.75) is 39.1 Å². The van der Waals surface area contributed by atoms with Crippen LogP contribution in [0.5, 0.6) is 11.5 Å². The Morgan fingerprint density at radius 3 is 2.54 bits per heavy atom. The molecule has 0 amide bonds. The molecule has 8 nitrogen and oxygen atoms in total. The van der Waals surface area contributed by atoms with Crippen molar-refractivity contribution in [2.75, 3.05) is 20.3 Å². The van der Waals surface area contributed by atoms with E-state index in [-0.39, 0.29) is 6.10 Å². The normalized spacial score (nSPS) is 12.1. The van der Waals surface area contributed by atoms with Crippen LogP contribution in [-0.2, 0) is 22.6 Å². The lowest BCUT2D eigenvalue weighted by atomic mass is 10.1. The maximum atomic E-state index is 10.6. The summed E-state index contributed by atoms with van der Waals surface area (Å²) in [5.74, 6) is 0.515. The van der Waals surface area contributed by atoms with Crippen molar-refractivity contribution >= 4 is 5.97 Å². The number of aliphatic carboxylic acids is 1. The molecule has 0 bridgehead atoms. The minimum Gasteiger partial charge on any atom is -0.550 e. The summed E-state index contributed by atoms with van der Waals surface area (Å²) in [6.45, 7) is 8.82. The quantitative estimate of drug-likeness (QED) is 0.315. The van der Waals surface area contributed by atoms with Crippen LogP contribution in [0.2, 0.25) is 0 Å². The lowest BCUT2D eigenvalue weighted by molar-refractivity contribution is -0.704. The van der Waals surface area contributed by atoms with Crippen molar-refractivity contribution in [1.82, 2.24) is 4.57 Å². The number of carboxylic acids is 1. The summed E-state index contributed by atoms with van der Waals surface area (Å²) in [6.07, 6.45) is 6.85. The maximum absolute atomic E-state index is 10.6. The molecule has 1 N–H and O–H groups in total. The van der Waals surface area contributed by atoms with Gasteiger partial charge in [0.25, 0.3) is 0 Å². The van der Waals surface area contributed by atoms with Gasteiger partial charge in [-0.05, 0) is 37.6 Å². The number of carboxylic acid groups (broad SMARTS) is 1. The van der Waals surface area contributed by atoms with E-state index < -0.39 is 12.1 Å². The SMILES string of the molecule is C=CCOC(Cn1cc[n+](CC(O)c2ccc(OC)cc2)c1)c1ccccc1OCC.CC(=O)[O-]. The van der Waals surface area contributed by atoms with Gasteiger partial charge in [0, 0.05) is 11.5 Å². The van der Waals surface area contributed by atoms with Crippen molar-refractivity contribution in [3.05, 3.63) is 91.0 Å². The molecule has 0 saturated heterocycles. The molecule has 1 aromatic heterocycles. The van der Waals surface area contributed by atoms with Gasteiger partial charge in [0.15, 0.2) is 0 Å². The summed E-state index contributed by atoms with van der Waals surface area (Å²) >= 11 is 0. The Balaban J connectivity index is 0.00000100. The van der Waals surface area contributed by atoms with E-state index in [0.717, 1.165) is 29.5 Å². The molecule has 8 heteroatoms. The molecule has 2 unspecified atom stereocenters. The van der Waals surface area contributed by atoms with Crippen LogP contribution in [0.1, 0.15) is 37.2 Å². The zero-order valence-electron chi connectivity index (χ0n) is 20.5. The van der Waals surface area contributed by atoms with Gasteiger partial charge >= 0.3 is 0 Å². The number of aromatic nitrogens is 2. The monoisotopic (exact) mass is 482 g/mol. The first-order valence-corrected chi connectivity index (χ1v) is 11.4. The van der Waals surface area contributed by atoms with Gasteiger partial charge in [-0.25, -0.2) is 9.13 Å². The van der Waals surface area contributed by atoms with Crippen LogP contribution in [-0.4, -0.2) is 36.0 Å². The highest BCUT2D eigenvalue weighted by Crippen LogP contribution is 2.29. The van der Waals surface area contributed by atoms with Crippen LogP contribution in [0.25, 0.3) is 0 Å². The fourth-order valence-corrected chi connectivity index (χ4v) is 3.44. The number of imidazole rings is 1. The number of rotatable bonds is 12. The van der Waals surface area contributed by atoms with Crippen molar-refractivity contribution < 1.29 is 33.8 Å². The number of aliphatic hydroxyl groups excluding tert-OH is 1. The predicted octanol–water partition coefficient (Wildman–Crippen LogP) is 2.62. The van der Waals surface area contributed by atoms with E-state index >= 15 is 0 Å². The molecular formula is C27H34N2O6. The fourth-order valence-electron chi connectivity index (χ4n) is 3.44. The van der Waals surface area contributed by atoms with Crippen LogP contribution in [0.15, 0.2) is 79.9 Å². The number of aliphatic hydroxyl groups is 1. The average molecular weight is 483 g/mol. The molecule has 35 heavy (non-hydrogen) atoms. The van der Waals surface area contributed by atoms with Gasteiger partial charge < -0.3 is 29.2 Å². The lowest BCUT2D eigenvalue weighted by Crippen LogP contribution is -2.34. The number of hydrogen-bond acceptors (Lipinski definition) is 6. The van der Waals surface area contributed by atoms with Crippen LogP contribution >= 0.6 is 0 Å². The first-order valence-electron chi connectivity index (χ1n) is 11.4. The second kappa shape index (κ2) is 14.6. The second-order valence-corrected chi connectivity index (χ2v) is 7.67. The van der Waals surface area contributed by atoms with Gasteiger partial charge in [-0.15, -0.1) is 6.58 Å². The first kappa shape index (κ1) is 27.6. The highest BCUT2D eigenvalue weighted by Gasteiger charge is 2.21. The fraction of sp³-hybridized carbons (Fsp3) is 0.333. The summed E-state index contributed by atoms with van der Waals surface area (Å²) in [5.41, 5.74) is 1.85. The van der Waals surface area contributed by atoms with Gasteiger partial charge in [0.2, 0.25) is 6.33 Å². The Kier molecular flexibility index (Phi) is 11.5. The predicted molar refractivity (Wildman–Crippen MR) is 130 cm³/mol. The van der Waals surface area contributed by atoms with Crippen molar-refractivity contribution in [1.29, 1.82) is 0 Å². The van der Waals surface area contributed by atoms with E-state index in [1.165, 1.54) is 0 Å². The third-order valence-electron chi connectivity index (χ3n) is 4.99. The van der Waals surface area contributed by atoms with E-state index in [1.807, 2.05) is 78.7 Å². The number of nitrogens with zero attached hydrogens (tertiary/aromatic N) is 2. The van der Waals surface area contributed by atoms with E-state index in [2.05, 4.69) is 11.1 Å². The third-order valence-corrected chi connectivity index (χ3v) is 4.99. The van der Waals surface area contributed by atoms with Crippen LogP contribution < -0.4 is 19.1 Å². The summed E-state index contributed by atoms with van der Waals surface area (Å²) in [7, 11) is 1.63. The molecule has 2 aromatic carbocycles. The molecule has 2 atom stereocenters. The number of carbonyl (C=O) groups excluding carboxylic acids is 1. The van der Waals surface area contributed by atoms with Crippen LogP contribution in [0.4, 0.5) is 0 Å². The topological polar surface area (TPSA) is 96.9 Å². The Labute approximate surface area is 206 Å². The Bertz CT molecular complexity index is 1040. The molecule has 0 spiro atoms. The molecule has 3 rings (SSSR count). The molecule has 0 fully saturated rings. The molecule has 3 aromatic rings. The molecule has 0 radical (unpaired) electrons. The standard InChI is InChI=1S/C25H31N2O4.C2H4O2/c1-4-16-31-25(22-8-6-7-9-24(22)30-5-2)18-27-15-14-26(19-27)17-23(28)20-10-12-21(29-3)13-11-20;1-2(3)4/h4,6-15,19,23,25,28H,1,5,16-18H2,2-3H3;1H3,(H,3,4)/q+1;/p-1. The van der Waals surface area contributed by atoms with Gasteiger partial charge in [0.05, 0.1) is 20.3 Å². The van der Waals surface area contributed by atoms with Gasteiger partial charge in [-0.3, -0.25) is 0 Å². The molecule has 0 aliphatic rings. The van der Waals surface area contributed by atoms with E-state index in [0.29, 0.717) is 26.3 Å². The highest BCUT2D eigenvalue weighted by molar-refractivity contribution is 5.60. The molecule has 188 valence electrons. The summed E-state index contributed by atoms with van der Waals surface area (Å²) in [4.78, 5) is 8.89. The van der Waals surface area contributed by atoms with E-state index in [4.69, 9.17) is 24.1 Å². The zero-order valence-corrected chi connectivity index (χ0v) is 20.5. The first-order chi connectivity index (χ1) is 16.9. The van der Waals surface area contributed by atoms with Crippen molar-refractivity contribution in [3.63, 3.8) is 0 Å². The molecule has 0 saturated carbocycles. The van der Waals surface area contributed by atoms with Gasteiger partial charge in [0.1, 0.15) is 49.2 Å². The van der Waals surface area contributed by atoms with Crippen LogP contribution in [0, 0.1) is 0 Å². The van der Waals surface area contributed by atoms with Gasteiger partial charge in [-0.1, -0.05) is 36.4 Å². The lowest BCUT2D eigenvalue weighted by Gasteiger charge is -2.19. The summed E-state index contributed by atoms with van der Waals surface area (Å²) in [5, 5.41) is 19.5. The average Bonchev–Trinajstić information content (AvgIpc) is 3.28.